The van der Waals surface area contributed by atoms with Gasteiger partial charge in [-0.25, -0.2) is 4.68 Å². The van der Waals surface area contributed by atoms with Gasteiger partial charge in [0.25, 0.3) is 0 Å². The summed E-state index contributed by atoms with van der Waals surface area (Å²) < 4.78 is 28.6. The molecule has 1 atom stereocenters. The van der Waals surface area contributed by atoms with Crippen molar-refractivity contribution in [3.63, 3.8) is 0 Å². The Bertz CT molecular complexity index is 1760. The van der Waals surface area contributed by atoms with E-state index in [0.29, 0.717) is 77.0 Å². The third-order valence-electron chi connectivity index (χ3n) is 9.78. The Morgan fingerprint density at radius 1 is 0.763 bits per heavy atom. The molecule has 1 unspecified atom stereocenters. The molecule has 4 rings (SSSR count). The van der Waals surface area contributed by atoms with E-state index < -0.39 is 0 Å². The van der Waals surface area contributed by atoms with Crippen LogP contribution in [0, 0.1) is 5.92 Å². The Balaban J connectivity index is 1.27. The molecule has 59 heavy (non-hydrogen) atoms. The molecule has 1 aromatic heterocycles. The summed E-state index contributed by atoms with van der Waals surface area (Å²) in [7, 11) is 1.62. The first-order valence-electron chi connectivity index (χ1n) is 21.0. The van der Waals surface area contributed by atoms with Crippen LogP contribution in [0.15, 0.2) is 48.5 Å². The van der Waals surface area contributed by atoms with Crippen molar-refractivity contribution in [1.82, 2.24) is 25.6 Å². The molecule has 2 N–H and O–H groups in total. The first kappa shape index (κ1) is 47.1. The number of unbranched alkanes of at least 4 members (excludes halogenated alkanes) is 2. The van der Waals surface area contributed by atoms with Gasteiger partial charge >= 0.3 is 5.97 Å². The maximum Gasteiger partial charge on any atom is 0.305 e. The second-order valence-electron chi connectivity index (χ2n) is 15.1. The summed E-state index contributed by atoms with van der Waals surface area (Å²) in [5.74, 6) is -0.419. The standard InChI is InChI=1S/C44H64N6O9/c1-32(2)44(54)37(46-33(3)4)16-7-6-8-18-41(53)59-24-22-50-43-35-14-10-9-13-34(35)31-49(38-17-12-11-15-36(38)42(43)47-48-50)40(52)19-21-45-39(51)20-23-56-27-28-58-30-29-57-26-25-55-5/h9-15,17,32-33,37,46H,6-8,16,18-31H2,1-5H3,(H,45,51). The summed E-state index contributed by atoms with van der Waals surface area (Å²) in [6.45, 7) is 11.9. The molecule has 2 aromatic carbocycles. The van der Waals surface area contributed by atoms with Gasteiger partial charge in [0.1, 0.15) is 12.3 Å². The highest BCUT2D eigenvalue weighted by Gasteiger charge is 2.29. The van der Waals surface area contributed by atoms with Gasteiger partial charge in [-0.3, -0.25) is 19.2 Å². The summed E-state index contributed by atoms with van der Waals surface area (Å²) in [5, 5.41) is 15.3. The van der Waals surface area contributed by atoms with Crippen molar-refractivity contribution in [1.29, 1.82) is 0 Å². The number of nitrogens with one attached hydrogen (secondary N) is 2. The van der Waals surface area contributed by atoms with Crippen LogP contribution < -0.4 is 15.5 Å². The number of carbonyl (C=O) groups is 4. The fourth-order valence-electron chi connectivity index (χ4n) is 6.80. The SMILES string of the molecule is COCCOCCOCCOCCC(=O)NCCC(=O)N1Cc2ccccc2-c2c(nnn2CCOC(=O)CCCCCC(NC(C)C)C(=O)C(C)C)-c2ccccc21. The molecule has 3 aromatic rings. The zero-order chi connectivity index (χ0) is 42.4. The van der Waals surface area contributed by atoms with E-state index in [1.54, 1.807) is 16.7 Å². The highest BCUT2D eigenvalue weighted by molar-refractivity contribution is 6.00. The van der Waals surface area contributed by atoms with Gasteiger partial charge in [0.15, 0.2) is 5.78 Å². The highest BCUT2D eigenvalue weighted by Crippen LogP contribution is 2.41. The average Bonchev–Trinajstić information content (AvgIpc) is 3.63. The number of carbonyl (C=O) groups excluding carboxylic acids is 4. The Labute approximate surface area is 348 Å². The fraction of sp³-hybridized carbons (Fsp3) is 0.591. The van der Waals surface area contributed by atoms with Gasteiger partial charge in [0.05, 0.1) is 76.8 Å². The van der Waals surface area contributed by atoms with Crippen LogP contribution in [-0.4, -0.2) is 117 Å². The van der Waals surface area contributed by atoms with Crippen molar-refractivity contribution in [2.45, 2.75) is 97.8 Å². The van der Waals surface area contributed by atoms with Crippen molar-refractivity contribution in [3.8, 4) is 22.5 Å². The Kier molecular flexibility index (Phi) is 20.6. The van der Waals surface area contributed by atoms with Crippen molar-refractivity contribution in [2.75, 3.05) is 71.4 Å². The molecule has 0 fully saturated rings. The summed E-state index contributed by atoms with van der Waals surface area (Å²) in [6.07, 6.45) is 3.69. The van der Waals surface area contributed by atoms with Gasteiger partial charge < -0.3 is 39.2 Å². The summed E-state index contributed by atoms with van der Waals surface area (Å²) >= 11 is 0. The number of anilines is 1. The molecule has 0 aliphatic carbocycles. The number of ketones is 1. The zero-order valence-corrected chi connectivity index (χ0v) is 35.5. The van der Waals surface area contributed by atoms with Crippen LogP contribution in [-0.2, 0) is 56.0 Å². The maximum atomic E-state index is 13.8. The lowest BCUT2D eigenvalue weighted by atomic mass is 9.95. The number of esters is 1. The predicted molar refractivity (Wildman–Crippen MR) is 225 cm³/mol. The number of para-hydroxylation sites is 1. The minimum Gasteiger partial charge on any atom is -0.464 e. The average molecular weight is 821 g/mol. The number of ether oxygens (including phenoxy) is 5. The zero-order valence-electron chi connectivity index (χ0n) is 35.5. The number of fused-ring (bicyclic) bond motifs is 5. The number of methoxy groups -OCH3 is 1. The number of Topliss-reactive ketones (excluding diaryl/α,β-unsaturated/α-hetero) is 1. The molecular formula is C44H64N6O9. The maximum absolute atomic E-state index is 13.8. The van der Waals surface area contributed by atoms with Crippen LogP contribution in [0.3, 0.4) is 0 Å². The molecule has 2 heterocycles. The lowest BCUT2D eigenvalue weighted by Gasteiger charge is -2.28. The van der Waals surface area contributed by atoms with Crippen LogP contribution in [0.5, 0.6) is 0 Å². The third kappa shape index (κ3) is 15.5. The molecular weight excluding hydrogens is 757 g/mol. The molecule has 15 nitrogen and oxygen atoms in total. The van der Waals surface area contributed by atoms with E-state index in [0.717, 1.165) is 41.6 Å². The quantitative estimate of drug-likeness (QED) is 0.0732. The van der Waals surface area contributed by atoms with Crippen LogP contribution >= 0.6 is 0 Å². The van der Waals surface area contributed by atoms with E-state index in [9.17, 15) is 19.2 Å². The highest BCUT2D eigenvalue weighted by atomic mass is 16.6. The van der Waals surface area contributed by atoms with Crippen LogP contribution in [0.25, 0.3) is 22.5 Å². The first-order chi connectivity index (χ1) is 28.6. The van der Waals surface area contributed by atoms with E-state index in [1.165, 1.54) is 0 Å². The number of hydrogen-bond donors (Lipinski definition) is 2. The van der Waals surface area contributed by atoms with E-state index in [1.807, 2.05) is 76.2 Å². The largest absolute Gasteiger partial charge is 0.464 e. The first-order valence-corrected chi connectivity index (χ1v) is 21.0. The van der Waals surface area contributed by atoms with Gasteiger partial charge in [0, 0.05) is 56.0 Å². The Morgan fingerprint density at radius 3 is 2.15 bits per heavy atom. The normalized spacial score (nSPS) is 12.7. The molecule has 0 saturated carbocycles. The molecule has 0 bridgehead atoms. The summed E-state index contributed by atoms with van der Waals surface area (Å²) in [6, 6.07) is 15.5. The molecule has 2 amide bonds. The second-order valence-corrected chi connectivity index (χ2v) is 15.1. The number of hydrogen-bond acceptors (Lipinski definition) is 12. The number of benzene rings is 2. The van der Waals surface area contributed by atoms with Gasteiger partial charge in [-0.05, 0) is 24.5 Å². The number of nitrogens with zero attached hydrogens (tertiary/aromatic N) is 4. The minimum absolute atomic E-state index is 0.0247. The minimum atomic E-state index is -0.273. The molecule has 0 radical (unpaired) electrons. The molecule has 324 valence electrons. The molecule has 0 spiro atoms. The molecule has 0 saturated heterocycles. The lowest BCUT2D eigenvalue weighted by molar-refractivity contribution is -0.144. The Hall–Kier alpha value is -4.54. The lowest BCUT2D eigenvalue weighted by Crippen LogP contribution is -2.42. The Morgan fingerprint density at radius 2 is 1.44 bits per heavy atom. The van der Waals surface area contributed by atoms with Crippen LogP contribution in [0.2, 0.25) is 0 Å². The molecule has 1 aliphatic rings. The predicted octanol–water partition coefficient (Wildman–Crippen LogP) is 5.14. The second kappa shape index (κ2) is 25.8. The van der Waals surface area contributed by atoms with E-state index in [2.05, 4.69) is 20.9 Å². The summed E-state index contributed by atoms with van der Waals surface area (Å²) in [4.78, 5) is 53.4. The smallest absolute Gasteiger partial charge is 0.305 e. The van der Waals surface area contributed by atoms with Gasteiger partial charge in [-0.15, -0.1) is 5.10 Å². The topological polar surface area (TPSA) is 172 Å². The van der Waals surface area contributed by atoms with Gasteiger partial charge in [-0.1, -0.05) is 88.2 Å². The van der Waals surface area contributed by atoms with Crippen molar-refractivity contribution in [3.05, 3.63) is 54.1 Å². The number of aromatic nitrogens is 3. The number of amides is 2. The van der Waals surface area contributed by atoms with Crippen LogP contribution in [0.1, 0.15) is 78.2 Å². The third-order valence-corrected chi connectivity index (χ3v) is 9.78. The van der Waals surface area contributed by atoms with E-state index in [4.69, 9.17) is 23.7 Å². The van der Waals surface area contributed by atoms with Crippen LogP contribution in [0.4, 0.5) is 5.69 Å². The molecule has 1 aliphatic heterocycles. The van der Waals surface area contributed by atoms with Crippen molar-refractivity contribution >= 4 is 29.3 Å². The number of rotatable bonds is 28. The van der Waals surface area contributed by atoms with E-state index >= 15 is 0 Å². The fourth-order valence-corrected chi connectivity index (χ4v) is 6.80. The molecule has 15 heteroatoms. The van der Waals surface area contributed by atoms with E-state index in [-0.39, 0.29) is 74.2 Å². The summed E-state index contributed by atoms with van der Waals surface area (Å²) in [5.41, 5.74) is 4.62. The van der Waals surface area contributed by atoms with Crippen molar-refractivity contribution in [2.24, 2.45) is 5.92 Å². The monoisotopic (exact) mass is 820 g/mol. The van der Waals surface area contributed by atoms with Gasteiger partial charge in [-0.2, -0.15) is 0 Å². The van der Waals surface area contributed by atoms with Crippen molar-refractivity contribution < 1.29 is 42.9 Å². The van der Waals surface area contributed by atoms with Gasteiger partial charge in [0.2, 0.25) is 11.8 Å².